The largest absolute Gasteiger partial charge is 0.481 e. The minimum absolute atomic E-state index is 0.0963. The third-order valence-corrected chi connectivity index (χ3v) is 8.49. The number of fused-ring (bicyclic) bond motifs is 2. The first-order chi connectivity index (χ1) is 20.7. The van der Waals surface area contributed by atoms with Crippen LogP contribution < -0.4 is 0 Å². The number of hydrogen-bond acceptors (Lipinski definition) is 5. The highest BCUT2D eigenvalue weighted by atomic mass is 19.1. The van der Waals surface area contributed by atoms with E-state index in [1.165, 1.54) is 15.5 Å². The number of hydrogen-bond donors (Lipinski definition) is 1. The van der Waals surface area contributed by atoms with Crippen molar-refractivity contribution < 1.29 is 23.5 Å². The molecule has 43 heavy (non-hydrogen) atoms. The van der Waals surface area contributed by atoms with Crippen molar-refractivity contribution >= 4 is 17.5 Å². The number of nitrogens with zero attached hydrogens (tertiary/aromatic N) is 5. The number of carboxylic acid groups (broad SMARTS) is 1. The molecule has 0 saturated heterocycles. The standard InChI is InChI=1S/C33H27F2N5O3/c1-17-7-10-27(36-15-17)30-13-29(32(41)39-16-26(35)21-6-4-3-5-20(21)18(39)2)37-31-14-28(38-40(30)31)22-9-8-19(11-25(22)34)23-12-24(23)33(42)43/h3-11,13-15,18,23-24,26H,12,16H2,1-2H3,(H,42,43)/t18-,23-,24+,26-/m1/s1. The molecule has 1 saturated carbocycles. The van der Waals surface area contributed by atoms with Crippen molar-refractivity contribution in [3.8, 4) is 22.6 Å². The van der Waals surface area contributed by atoms with E-state index in [0.29, 0.717) is 40.3 Å². The van der Waals surface area contributed by atoms with E-state index in [2.05, 4.69) is 15.1 Å². The van der Waals surface area contributed by atoms with Crippen molar-refractivity contribution in [3.63, 3.8) is 0 Å². The average molecular weight is 580 g/mol. The fourth-order valence-electron chi connectivity index (χ4n) is 6.00. The fraction of sp³-hybridized carbons (Fsp3) is 0.242. The first-order valence-corrected chi connectivity index (χ1v) is 14.1. The number of carbonyl (C=O) groups is 2. The van der Waals surface area contributed by atoms with Gasteiger partial charge in [0.1, 0.15) is 17.7 Å². The number of rotatable bonds is 5. The van der Waals surface area contributed by atoms with Crippen LogP contribution in [0, 0.1) is 18.7 Å². The molecule has 1 aliphatic heterocycles. The summed E-state index contributed by atoms with van der Waals surface area (Å²) in [5.41, 5.74) is 4.84. The van der Waals surface area contributed by atoms with Gasteiger partial charge in [0.05, 0.1) is 35.6 Å². The zero-order valence-corrected chi connectivity index (χ0v) is 23.4. The second-order valence-corrected chi connectivity index (χ2v) is 11.3. The van der Waals surface area contributed by atoms with Crippen molar-refractivity contribution in [2.45, 2.75) is 38.4 Å². The van der Waals surface area contributed by atoms with Crippen molar-refractivity contribution in [3.05, 3.63) is 107 Å². The Balaban J connectivity index is 1.30. The molecule has 2 aliphatic rings. The predicted octanol–water partition coefficient (Wildman–Crippen LogP) is 6.32. The summed E-state index contributed by atoms with van der Waals surface area (Å²) in [4.78, 5) is 35.8. The summed E-state index contributed by atoms with van der Waals surface area (Å²) in [7, 11) is 0. The summed E-state index contributed by atoms with van der Waals surface area (Å²) in [5, 5.41) is 13.9. The van der Waals surface area contributed by atoms with Gasteiger partial charge in [0.15, 0.2) is 5.65 Å². The van der Waals surface area contributed by atoms with Crippen LogP contribution in [-0.4, -0.2) is 48.0 Å². The van der Waals surface area contributed by atoms with Crippen molar-refractivity contribution in [1.82, 2.24) is 24.5 Å². The topological polar surface area (TPSA) is 101 Å². The van der Waals surface area contributed by atoms with Gasteiger partial charge in [-0.25, -0.2) is 18.3 Å². The van der Waals surface area contributed by atoms with Gasteiger partial charge in [-0.05, 0) is 72.7 Å². The molecule has 4 heterocycles. The number of aliphatic carboxylic acids is 1. The smallest absolute Gasteiger partial charge is 0.307 e. The number of pyridine rings is 1. The Morgan fingerprint density at radius 2 is 1.79 bits per heavy atom. The second-order valence-electron chi connectivity index (χ2n) is 11.3. The van der Waals surface area contributed by atoms with Crippen LogP contribution in [0.25, 0.3) is 28.3 Å². The second kappa shape index (κ2) is 10.1. The van der Waals surface area contributed by atoms with E-state index in [1.54, 1.807) is 48.7 Å². The molecule has 8 nitrogen and oxygen atoms in total. The lowest BCUT2D eigenvalue weighted by atomic mass is 9.92. The molecule has 0 unspecified atom stereocenters. The van der Waals surface area contributed by atoms with Gasteiger partial charge >= 0.3 is 5.97 Å². The summed E-state index contributed by atoms with van der Waals surface area (Å²) in [5.74, 6) is -2.54. The van der Waals surface area contributed by atoms with Gasteiger partial charge < -0.3 is 10.0 Å². The highest BCUT2D eigenvalue weighted by Crippen LogP contribution is 2.48. The number of alkyl halides is 1. The lowest BCUT2D eigenvalue weighted by molar-refractivity contribution is -0.138. The Morgan fingerprint density at radius 3 is 2.49 bits per heavy atom. The Kier molecular flexibility index (Phi) is 6.30. The van der Waals surface area contributed by atoms with E-state index < -0.39 is 29.8 Å². The molecule has 5 aromatic rings. The number of aryl methyl sites for hydroxylation is 1. The Labute approximate surface area is 245 Å². The number of aromatic nitrogens is 4. The number of benzene rings is 2. The molecule has 1 aliphatic carbocycles. The van der Waals surface area contributed by atoms with Crippen molar-refractivity contribution in [2.24, 2.45) is 5.92 Å². The molecule has 216 valence electrons. The summed E-state index contributed by atoms with van der Waals surface area (Å²) < 4.78 is 32.1. The zero-order valence-electron chi connectivity index (χ0n) is 23.4. The van der Waals surface area contributed by atoms with Crippen LogP contribution >= 0.6 is 0 Å². The Bertz CT molecular complexity index is 1920. The van der Waals surface area contributed by atoms with Gasteiger partial charge in [0.2, 0.25) is 0 Å². The van der Waals surface area contributed by atoms with Crippen LogP contribution in [0.4, 0.5) is 8.78 Å². The quantitative estimate of drug-likeness (QED) is 0.262. The molecule has 1 amide bonds. The highest BCUT2D eigenvalue weighted by Gasteiger charge is 2.44. The normalized spacial score (nSPS) is 21.1. The third-order valence-electron chi connectivity index (χ3n) is 8.49. The fourth-order valence-corrected chi connectivity index (χ4v) is 6.00. The summed E-state index contributed by atoms with van der Waals surface area (Å²) >= 11 is 0. The van der Waals surface area contributed by atoms with E-state index in [9.17, 15) is 14.7 Å². The minimum Gasteiger partial charge on any atom is -0.481 e. The monoisotopic (exact) mass is 579 g/mol. The summed E-state index contributed by atoms with van der Waals surface area (Å²) in [6.45, 7) is 3.68. The molecule has 0 spiro atoms. The zero-order chi connectivity index (χ0) is 30.0. The van der Waals surface area contributed by atoms with Crippen LogP contribution in [0.3, 0.4) is 0 Å². The Hall–Kier alpha value is -4.99. The van der Waals surface area contributed by atoms with Crippen LogP contribution in [-0.2, 0) is 4.79 Å². The molecule has 1 fully saturated rings. The number of amides is 1. The first-order valence-electron chi connectivity index (χ1n) is 14.1. The molecule has 3 aromatic heterocycles. The maximum absolute atomic E-state index is 15.4. The lowest BCUT2D eigenvalue weighted by Crippen LogP contribution is -2.40. The molecular weight excluding hydrogens is 552 g/mol. The Morgan fingerprint density at radius 1 is 1.00 bits per heavy atom. The van der Waals surface area contributed by atoms with E-state index >= 15 is 8.78 Å². The van der Waals surface area contributed by atoms with Gasteiger partial charge in [-0.15, -0.1) is 0 Å². The van der Waals surface area contributed by atoms with Gasteiger partial charge in [0.25, 0.3) is 5.91 Å². The maximum Gasteiger partial charge on any atom is 0.307 e. The molecule has 1 N–H and O–H groups in total. The maximum atomic E-state index is 15.4. The van der Waals surface area contributed by atoms with Gasteiger partial charge in [-0.1, -0.05) is 36.4 Å². The molecule has 0 radical (unpaired) electrons. The molecule has 2 aromatic carbocycles. The van der Waals surface area contributed by atoms with Crippen molar-refractivity contribution in [1.29, 1.82) is 0 Å². The van der Waals surface area contributed by atoms with E-state index in [-0.39, 0.29) is 29.8 Å². The van der Waals surface area contributed by atoms with Crippen LogP contribution in [0.5, 0.6) is 0 Å². The molecule has 0 bridgehead atoms. The average Bonchev–Trinajstić information content (AvgIpc) is 3.71. The molecular formula is C33H27F2N5O3. The number of carboxylic acids is 1. The van der Waals surface area contributed by atoms with Crippen LogP contribution in [0.2, 0.25) is 0 Å². The van der Waals surface area contributed by atoms with E-state index in [1.807, 2.05) is 32.0 Å². The first kappa shape index (κ1) is 26.9. The van der Waals surface area contributed by atoms with Crippen LogP contribution in [0.1, 0.15) is 64.2 Å². The van der Waals surface area contributed by atoms with Gasteiger partial charge in [-0.3, -0.25) is 14.6 Å². The number of halogens is 2. The van der Waals surface area contributed by atoms with Crippen LogP contribution in [0.15, 0.2) is 72.9 Å². The summed E-state index contributed by atoms with van der Waals surface area (Å²) in [6.07, 6.45) is 0.860. The highest BCUT2D eigenvalue weighted by molar-refractivity contribution is 5.94. The summed E-state index contributed by atoms with van der Waals surface area (Å²) in [6, 6.07) is 18.4. The van der Waals surface area contributed by atoms with E-state index in [0.717, 1.165) is 11.1 Å². The number of carbonyl (C=O) groups excluding carboxylic acids is 1. The van der Waals surface area contributed by atoms with E-state index in [4.69, 9.17) is 0 Å². The molecule has 4 atom stereocenters. The SMILES string of the molecule is Cc1ccc(-c2cc(C(=O)N3C[C@@H](F)c4ccccc4[C@H]3C)nc3cc(-c4ccc([C@H]5C[C@@H]5C(=O)O)cc4F)nn23)nc1. The van der Waals surface area contributed by atoms with Gasteiger partial charge in [-0.2, -0.15) is 5.10 Å². The van der Waals surface area contributed by atoms with Crippen molar-refractivity contribution in [2.75, 3.05) is 6.54 Å². The lowest BCUT2D eigenvalue weighted by Gasteiger charge is -2.36. The molecule has 10 heteroatoms. The third kappa shape index (κ3) is 4.63. The minimum atomic E-state index is -1.33. The van der Waals surface area contributed by atoms with Gasteiger partial charge in [0, 0.05) is 17.8 Å². The molecule has 7 rings (SSSR count). The predicted molar refractivity (Wildman–Crippen MR) is 155 cm³/mol.